The van der Waals surface area contributed by atoms with Crippen LogP contribution in [-0.4, -0.2) is 20.2 Å². The number of nitriles is 1. The number of carbonyl (C=O) groups excluding carboxylic acids is 1. The predicted octanol–water partition coefficient (Wildman–Crippen LogP) is 4.49. The van der Waals surface area contributed by atoms with Crippen LogP contribution in [0.5, 0.6) is 0 Å². The molecule has 0 bridgehead atoms. The molecule has 2 aromatic rings. The topological polar surface area (TPSA) is 129 Å². The third kappa shape index (κ3) is 7.53. The highest BCUT2D eigenvalue weighted by Crippen LogP contribution is 2.32. The number of thiazole rings is 1. The van der Waals surface area contributed by atoms with E-state index in [0.717, 1.165) is 28.0 Å². The first-order chi connectivity index (χ1) is 14.2. The summed E-state index contributed by atoms with van der Waals surface area (Å²) in [5, 5.41) is 25.9. The molecular weight excluding hydrogens is 497 g/mol. The van der Waals surface area contributed by atoms with Crippen molar-refractivity contribution >= 4 is 54.2 Å². The van der Waals surface area contributed by atoms with E-state index < -0.39 is 21.4 Å². The molecule has 184 valence electrons. The lowest BCUT2D eigenvalue weighted by atomic mass is 9.85. The Hall–Kier alpha value is -1.42. The first kappa shape index (κ1) is 31.6. The lowest BCUT2D eigenvalue weighted by Gasteiger charge is -2.19. The molecule has 0 aliphatic rings. The molecule has 0 aliphatic heterocycles. The van der Waals surface area contributed by atoms with Crippen LogP contribution in [0.25, 0.3) is 0 Å². The Morgan fingerprint density at radius 1 is 1.24 bits per heavy atom. The maximum atomic E-state index is 13.1. The summed E-state index contributed by atoms with van der Waals surface area (Å²) in [4.78, 5) is 17.1. The number of benzene rings is 1. The van der Waals surface area contributed by atoms with Gasteiger partial charge in [-0.15, -0.1) is 15.7 Å². The average molecular weight is 531 g/mol. The van der Waals surface area contributed by atoms with Crippen LogP contribution in [0.15, 0.2) is 20.7 Å². The zero-order chi connectivity index (χ0) is 23.7. The maximum absolute atomic E-state index is 13.1. The summed E-state index contributed by atoms with van der Waals surface area (Å²) in [5.74, 6) is -0.415. The molecule has 0 fully saturated rings. The molecule has 1 atom stereocenters. The summed E-state index contributed by atoms with van der Waals surface area (Å²) in [7, 11) is -3.51. The molecule has 0 spiro atoms. The summed E-state index contributed by atoms with van der Waals surface area (Å²) in [6.07, 6.45) is -0.0584. The summed E-state index contributed by atoms with van der Waals surface area (Å²) in [6, 6.07) is 5.77. The number of hydrogen-bond acceptors (Lipinski definition) is 6. The molecule has 1 heterocycles. The fraction of sp³-hybridized carbons (Fsp3) is 0.500. The van der Waals surface area contributed by atoms with Gasteiger partial charge in [-0.05, 0) is 61.4 Å². The molecule has 0 saturated carbocycles. The first-order valence-corrected chi connectivity index (χ1v) is 12.4. The number of hydrogen-bond donors (Lipinski definition) is 2. The predicted molar refractivity (Wildman–Crippen MR) is 144 cm³/mol. The molecule has 0 aliphatic carbocycles. The van der Waals surface area contributed by atoms with Gasteiger partial charge in [-0.1, -0.05) is 27.7 Å². The highest BCUT2D eigenvalue weighted by atomic mass is 32.2. The highest BCUT2D eigenvalue weighted by Gasteiger charge is 2.26. The zero-order valence-corrected chi connectivity index (χ0v) is 23.6. The molecule has 0 saturated heterocycles. The van der Waals surface area contributed by atoms with Crippen molar-refractivity contribution in [1.29, 1.82) is 5.26 Å². The van der Waals surface area contributed by atoms with Gasteiger partial charge in [-0.3, -0.25) is 4.79 Å². The van der Waals surface area contributed by atoms with E-state index in [1.165, 1.54) is 0 Å². The molecule has 1 amide bonds. The minimum atomic E-state index is -3.51. The van der Waals surface area contributed by atoms with Crippen molar-refractivity contribution in [3.05, 3.63) is 45.1 Å². The van der Waals surface area contributed by atoms with Crippen molar-refractivity contribution in [2.75, 3.05) is 0 Å². The van der Waals surface area contributed by atoms with Crippen LogP contribution in [0, 0.1) is 18.3 Å². The van der Waals surface area contributed by atoms with E-state index >= 15 is 0 Å². The Kier molecular flexibility index (Phi) is 11.3. The standard InChI is InChI=1S/C22H30N4O3S2.2H2S/c1-12(2)16-8-15(11-23)9-17(13(3)4)18(16)10-19(27)26-31(24,29)20-14(5)25-21(30-20)22(6,7)28;;/h8-9,12-13,28H,10H2,1-7H3,(H2,24,26,27,29);2*1H2. The monoisotopic (exact) mass is 530 g/mol. The second kappa shape index (κ2) is 11.8. The molecule has 3 N–H and O–H groups in total. The number of aryl methyl sites for hydroxylation is 1. The second-order valence-electron chi connectivity index (χ2n) is 8.74. The van der Waals surface area contributed by atoms with Crippen molar-refractivity contribution in [1.82, 2.24) is 4.98 Å². The van der Waals surface area contributed by atoms with Crippen molar-refractivity contribution < 1.29 is 14.1 Å². The molecule has 0 radical (unpaired) electrons. The lowest BCUT2D eigenvalue weighted by Crippen LogP contribution is -2.17. The van der Waals surface area contributed by atoms with Crippen LogP contribution in [-0.2, 0) is 26.7 Å². The van der Waals surface area contributed by atoms with Crippen molar-refractivity contribution in [3.63, 3.8) is 0 Å². The van der Waals surface area contributed by atoms with Gasteiger partial charge >= 0.3 is 0 Å². The van der Waals surface area contributed by atoms with Crippen molar-refractivity contribution in [2.24, 2.45) is 9.50 Å². The molecule has 1 aromatic carbocycles. The Morgan fingerprint density at radius 2 is 1.73 bits per heavy atom. The average Bonchev–Trinajstić information content (AvgIpc) is 3.04. The van der Waals surface area contributed by atoms with Crippen molar-refractivity contribution in [2.45, 2.75) is 76.5 Å². The Morgan fingerprint density at radius 3 is 2.09 bits per heavy atom. The van der Waals surface area contributed by atoms with Gasteiger partial charge in [0.2, 0.25) is 0 Å². The molecule has 1 aromatic heterocycles. The number of aliphatic hydroxyl groups is 1. The summed E-state index contributed by atoms with van der Waals surface area (Å²) < 4.78 is 17.2. The highest BCUT2D eigenvalue weighted by molar-refractivity contribution is 7.93. The van der Waals surface area contributed by atoms with E-state index in [9.17, 15) is 19.4 Å². The number of nitrogens with zero attached hydrogens (tertiary/aromatic N) is 3. The zero-order valence-electron chi connectivity index (χ0n) is 20.0. The molecule has 33 heavy (non-hydrogen) atoms. The minimum absolute atomic E-state index is 0. The largest absolute Gasteiger partial charge is 0.383 e. The normalized spacial score (nSPS) is 13.0. The molecule has 2 rings (SSSR count). The summed E-state index contributed by atoms with van der Waals surface area (Å²) >= 11 is 0.999. The Labute approximate surface area is 215 Å². The third-order valence-corrected chi connectivity index (χ3v) is 8.33. The van der Waals surface area contributed by atoms with Gasteiger partial charge in [-0.25, -0.2) is 14.3 Å². The van der Waals surface area contributed by atoms with Gasteiger partial charge in [0.15, 0.2) is 9.92 Å². The lowest BCUT2D eigenvalue weighted by molar-refractivity contribution is -0.117. The van der Waals surface area contributed by atoms with E-state index in [0.29, 0.717) is 16.3 Å². The second-order valence-corrected chi connectivity index (χ2v) is 11.7. The van der Waals surface area contributed by atoms with E-state index in [-0.39, 0.29) is 49.5 Å². The summed E-state index contributed by atoms with van der Waals surface area (Å²) in [6.45, 7) is 12.8. The first-order valence-electron chi connectivity index (χ1n) is 10.0. The maximum Gasteiger partial charge on any atom is 0.259 e. The fourth-order valence-corrected chi connectivity index (χ4v) is 5.85. The minimum Gasteiger partial charge on any atom is -0.383 e. The van der Waals surface area contributed by atoms with E-state index in [4.69, 9.17) is 5.14 Å². The van der Waals surface area contributed by atoms with Crippen LogP contribution in [0.4, 0.5) is 0 Å². The quantitative estimate of drug-likeness (QED) is 0.568. The Balaban J connectivity index is 0.00000512. The van der Waals surface area contributed by atoms with E-state index in [2.05, 4.69) is 15.4 Å². The third-order valence-electron chi connectivity index (χ3n) is 4.80. The van der Waals surface area contributed by atoms with Gasteiger partial charge in [-0.2, -0.15) is 32.3 Å². The van der Waals surface area contributed by atoms with Crippen LogP contribution in [0.1, 0.15) is 86.3 Å². The number of rotatable bonds is 6. The summed E-state index contributed by atoms with van der Waals surface area (Å²) in [5.41, 5.74) is 2.30. The van der Waals surface area contributed by atoms with E-state index in [1.54, 1.807) is 32.9 Å². The van der Waals surface area contributed by atoms with Gasteiger partial charge in [0.25, 0.3) is 5.91 Å². The van der Waals surface area contributed by atoms with Crippen LogP contribution in [0.3, 0.4) is 0 Å². The SMILES string of the molecule is Cc1nc(C(C)(C)O)sc1S(N)(=O)=NC(=O)Cc1c(C(C)C)cc(C#N)cc1C(C)C.S.S. The van der Waals surface area contributed by atoms with Crippen LogP contribution >= 0.6 is 38.3 Å². The molecule has 11 heteroatoms. The van der Waals surface area contributed by atoms with Gasteiger partial charge in [0.1, 0.15) is 14.8 Å². The van der Waals surface area contributed by atoms with Gasteiger partial charge in [0, 0.05) is 0 Å². The number of carbonyl (C=O) groups is 1. The fourth-order valence-electron chi connectivity index (χ4n) is 3.31. The van der Waals surface area contributed by atoms with Gasteiger partial charge < -0.3 is 5.11 Å². The van der Waals surface area contributed by atoms with Gasteiger partial charge in [0.05, 0.1) is 23.7 Å². The Bertz CT molecular complexity index is 1140. The number of amides is 1. The number of aromatic nitrogens is 1. The van der Waals surface area contributed by atoms with Crippen LogP contribution in [0.2, 0.25) is 0 Å². The van der Waals surface area contributed by atoms with Crippen molar-refractivity contribution in [3.8, 4) is 6.07 Å². The molecular formula is C22H34N4O3S4. The van der Waals surface area contributed by atoms with E-state index in [1.807, 2.05) is 27.7 Å². The molecule has 7 nitrogen and oxygen atoms in total. The number of nitrogens with two attached hydrogens (primary N) is 1. The smallest absolute Gasteiger partial charge is 0.259 e. The molecule has 1 unspecified atom stereocenters. The van der Waals surface area contributed by atoms with Crippen LogP contribution < -0.4 is 5.14 Å².